The number of amides is 1. The van der Waals surface area contributed by atoms with Gasteiger partial charge in [0.1, 0.15) is 5.82 Å². The SMILES string of the molecule is C[C@H]1CCCC[C@H]1[NH2+]CC(=O)NCc1ccc(F)cc1. The molecule has 3 N–H and O–H groups in total. The molecule has 0 heterocycles. The van der Waals surface area contributed by atoms with E-state index in [1.54, 1.807) is 12.1 Å². The fourth-order valence-corrected chi connectivity index (χ4v) is 2.83. The summed E-state index contributed by atoms with van der Waals surface area (Å²) in [6.45, 7) is 3.22. The topological polar surface area (TPSA) is 45.7 Å². The Morgan fingerprint density at radius 2 is 2.00 bits per heavy atom. The summed E-state index contributed by atoms with van der Waals surface area (Å²) in [5.41, 5.74) is 0.922. The Labute approximate surface area is 120 Å². The average molecular weight is 279 g/mol. The van der Waals surface area contributed by atoms with Crippen molar-refractivity contribution < 1.29 is 14.5 Å². The first-order valence-electron chi connectivity index (χ1n) is 7.49. The van der Waals surface area contributed by atoms with E-state index in [0.29, 0.717) is 25.0 Å². The summed E-state index contributed by atoms with van der Waals surface area (Å²) in [6.07, 6.45) is 5.09. The highest BCUT2D eigenvalue weighted by molar-refractivity contribution is 5.76. The number of nitrogens with two attached hydrogens (primary N) is 1. The van der Waals surface area contributed by atoms with Gasteiger partial charge in [-0.15, -0.1) is 0 Å². The molecule has 0 aromatic heterocycles. The van der Waals surface area contributed by atoms with Gasteiger partial charge in [0.15, 0.2) is 6.54 Å². The molecular formula is C16H24FN2O+. The van der Waals surface area contributed by atoms with Crippen molar-refractivity contribution in [1.82, 2.24) is 5.32 Å². The molecule has 1 aromatic rings. The van der Waals surface area contributed by atoms with Crippen molar-refractivity contribution in [3.8, 4) is 0 Å². The summed E-state index contributed by atoms with van der Waals surface area (Å²) in [5.74, 6) is 0.500. The Kier molecular flexibility index (Phi) is 5.53. The Hall–Kier alpha value is -1.42. The second-order valence-electron chi connectivity index (χ2n) is 5.77. The number of nitrogens with one attached hydrogen (secondary N) is 1. The number of carbonyl (C=O) groups excluding carboxylic acids is 1. The van der Waals surface area contributed by atoms with Crippen LogP contribution in [0.4, 0.5) is 4.39 Å². The van der Waals surface area contributed by atoms with Crippen LogP contribution in [-0.4, -0.2) is 18.5 Å². The van der Waals surface area contributed by atoms with E-state index in [0.717, 1.165) is 5.56 Å². The number of hydrogen-bond donors (Lipinski definition) is 2. The monoisotopic (exact) mass is 279 g/mol. The number of quaternary nitrogens is 1. The van der Waals surface area contributed by atoms with Crippen LogP contribution in [0.5, 0.6) is 0 Å². The molecule has 110 valence electrons. The quantitative estimate of drug-likeness (QED) is 0.844. The minimum absolute atomic E-state index is 0.0482. The minimum atomic E-state index is -0.250. The molecule has 1 aromatic carbocycles. The van der Waals surface area contributed by atoms with E-state index < -0.39 is 0 Å². The zero-order valence-electron chi connectivity index (χ0n) is 12.1. The predicted octanol–water partition coefficient (Wildman–Crippen LogP) is 1.58. The lowest BCUT2D eigenvalue weighted by Crippen LogP contribution is -2.93. The number of carbonyl (C=O) groups is 1. The van der Waals surface area contributed by atoms with Crippen LogP contribution in [0.2, 0.25) is 0 Å². The van der Waals surface area contributed by atoms with E-state index in [1.165, 1.54) is 37.8 Å². The van der Waals surface area contributed by atoms with Crippen LogP contribution in [0.25, 0.3) is 0 Å². The van der Waals surface area contributed by atoms with Crippen LogP contribution >= 0.6 is 0 Å². The van der Waals surface area contributed by atoms with Gasteiger partial charge in [-0.2, -0.15) is 0 Å². The molecule has 1 amide bonds. The van der Waals surface area contributed by atoms with Gasteiger partial charge in [-0.3, -0.25) is 4.79 Å². The van der Waals surface area contributed by atoms with Crippen molar-refractivity contribution >= 4 is 5.91 Å². The predicted molar refractivity (Wildman–Crippen MR) is 76.5 cm³/mol. The van der Waals surface area contributed by atoms with Crippen LogP contribution in [0.1, 0.15) is 38.2 Å². The second kappa shape index (κ2) is 7.39. The van der Waals surface area contributed by atoms with Gasteiger partial charge in [0.2, 0.25) is 0 Å². The van der Waals surface area contributed by atoms with Crippen molar-refractivity contribution in [2.24, 2.45) is 5.92 Å². The lowest BCUT2D eigenvalue weighted by atomic mass is 9.86. The van der Waals surface area contributed by atoms with Crippen molar-refractivity contribution in [3.63, 3.8) is 0 Å². The molecule has 3 nitrogen and oxygen atoms in total. The normalized spacial score (nSPS) is 22.5. The molecule has 2 atom stereocenters. The Morgan fingerprint density at radius 1 is 1.30 bits per heavy atom. The molecular weight excluding hydrogens is 255 g/mol. The highest BCUT2D eigenvalue weighted by atomic mass is 19.1. The molecule has 1 aliphatic carbocycles. The first-order valence-corrected chi connectivity index (χ1v) is 7.49. The third-order valence-corrected chi connectivity index (χ3v) is 4.19. The van der Waals surface area contributed by atoms with Crippen molar-refractivity contribution in [2.45, 2.75) is 45.2 Å². The van der Waals surface area contributed by atoms with Gasteiger partial charge < -0.3 is 10.6 Å². The van der Waals surface area contributed by atoms with E-state index in [9.17, 15) is 9.18 Å². The average Bonchev–Trinajstić information content (AvgIpc) is 2.46. The number of halogens is 1. The number of hydrogen-bond acceptors (Lipinski definition) is 1. The molecule has 20 heavy (non-hydrogen) atoms. The largest absolute Gasteiger partial charge is 0.347 e. The van der Waals surface area contributed by atoms with Crippen LogP contribution in [-0.2, 0) is 11.3 Å². The molecule has 4 heteroatoms. The smallest absolute Gasteiger partial charge is 0.275 e. The van der Waals surface area contributed by atoms with Crippen molar-refractivity contribution in [3.05, 3.63) is 35.6 Å². The maximum Gasteiger partial charge on any atom is 0.275 e. The van der Waals surface area contributed by atoms with Crippen LogP contribution in [0, 0.1) is 11.7 Å². The van der Waals surface area contributed by atoms with Crippen LogP contribution < -0.4 is 10.6 Å². The lowest BCUT2D eigenvalue weighted by molar-refractivity contribution is -0.687. The van der Waals surface area contributed by atoms with Gasteiger partial charge in [0.25, 0.3) is 5.91 Å². The molecule has 1 fully saturated rings. The molecule has 0 radical (unpaired) electrons. The summed E-state index contributed by atoms with van der Waals surface area (Å²) in [5, 5.41) is 5.05. The van der Waals surface area contributed by atoms with Crippen LogP contribution in [0.15, 0.2) is 24.3 Å². The zero-order chi connectivity index (χ0) is 14.4. The molecule has 1 saturated carbocycles. The van der Waals surface area contributed by atoms with Crippen molar-refractivity contribution in [2.75, 3.05) is 6.54 Å². The third-order valence-electron chi connectivity index (χ3n) is 4.19. The van der Waals surface area contributed by atoms with Gasteiger partial charge in [-0.05, 0) is 37.0 Å². The highest BCUT2D eigenvalue weighted by Crippen LogP contribution is 2.21. The standard InChI is InChI=1S/C16H23FN2O/c1-12-4-2-3-5-15(12)18-11-16(20)19-10-13-6-8-14(17)9-7-13/h6-9,12,15,18H,2-5,10-11H2,1H3,(H,19,20)/p+1/t12-,15+/m0/s1. The summed E-state index contributed by atoms with van der Waals surface area (Å²) in [6, 6.07) is 6.81. The van der Waals surface area contributed by atoms with Gasteiger partial charge >= 0.3 is 0 Å². The fourth-order valence-electron chi connectivity index (χ4n) is 2.83. The fraction of sp³-hybridized carbons (Fsp3) is 0.562. The summed E-state index contributed by atoms with van der Waals surface area (Å²) >= 11 is 0. The number of benzene rings is 1. The maximum absolute atomic E-state index is 12.8. The Bertz CT molecular complexity index is 433. The molecule has 2 rings (SSSR count). The van der Waals surface area contributed by atoms with Gasteiger partial charge in [0, 0.05) is 12.5 Å². The highest BCUT2D eigenvalue weighted by Gasteiger charge is 2.24. The van der Waals surface area contributed by atoms with Gasteiger partial charge in [-0.1, -0.05) is 25.5 Å². The van der Waals surface area contributed by atoms with E-state index in [2.05, 4.69) is 17.6 Å². The van der Waals surface area contributed by atoms with Crippen molar-refractivity contribution in [1.29, 1.82) is 0 Å². The zero-order valence-corrected chi connectivity index (χ0v) is 12.1. The Balaban J connectivity index is 1.68. The summed E-state index contributed by atoms with van der Waals surface area (Å²) in [4.78, 5) is 11.8. The molecule has 0 aliphatic heterocycles. The summed E-state index contributed by atoms with van der Waals surface area (Å²) < 4.78 is 12.8. The van der Waals surface area contributed by atoms with E-state index in [4.69, 9.17) is 0 Å². The van der Waals surface area contributed by atoms with E-state index >= 15 is 0 Å². The van der Waals surface area contributed by atoms with Gasteiger partial charge in [0.05, 0.1) is 6.04 Å². The first kappa shape index (κ1) is 15.0. The molecule has 0 unspecified atom stereocenters. The molecule has 0 saturated heterocycles. The minimum Gasteiger partial charge on any atom is -0.347 e. The third kappa shape index (κ3) is 4.60. The molecule has 0 bridgehead atoms. The first-order chi connectivity index (χ1) is 9.65. The Morgan fingerprint density at radius 3 is 2.70 bits per heavy atom. The lowest BCUT2D eigenvalue weighted by Gasteiger charge is -2.26. The summed E-state index contributed by atoms with van der Waals surface area (Å²) in [7, 11) is 0. The second-order valence-corrected chi connectivity index (χ2v) is 5.77. The maximum atomic E-state index is 12.8. The molecule has 0 spiro atoms. The number of rotatable bonds is 5. The van der Waals surface area contributed by atoms with Crippen LogP contribution in [0.3, 0.4) is 0 Å². The van der Waals surface area contributed by atoms with Gasteiger partial charge in [-0.25, -0.2) is 4.39 Å². The van der Waals surface area contributed by atoms with E-state index in [1.807, 2.05) is 0 Å². The molecule has 1 aliphatic rings. The van der Waals surface area contributed by atoms with E-state index in [-0.39, 0.29) is 11.7 Å².